The van der Waals surface area contributed by atoms with Crippen LogP contribution in [-0.4, -0.2) is 32.4 Å². The first kappa shape index (κ1) is 14.6. The van der Waals surface area contributed by atoms with Crippen molar-refractivity contribution < 1.29 is 13.9 Å². The zero-order chi connectivity index (χ0) is 13.7. The first-order chi connectivity index (χ1) is 9.22. The second kappa shape index (κ2) is 7.08. The monoisotopic (exact) mass is 287 g/mol. The molecule has 0 saturated carbocycles. The van der Waals surface area contributed by atoms with Crippen LogP contribution >= 0.6 is 11.6 Å². The van der Waals surface area contributed by atoms with Gasteiger partial charge < -0.3 is 14.8 Å². The Morgan fingerprint density at radius 1 is 1.53 bits per heavy atom. The molecule has 0 bridgehead atoms. The second-order valence-corrected chi connectivity index (χ2v) is 5.00. The molecule has 106 valence electrons. The largest absolute Gasteiger partial charge is 0.486 e. The zero-order valence-electron chi connectivity index (χ0n) is 11.0. The molecule has 1 fully saturated rings. The van der Waals surface area contributed by atoms with Crippen molar-refractivity contribution in [2.75, 3.05) is 26.3 Å². The lowest BCUT2D eigenvalue weighted by molar-refractivity contribution is 0.0290. The number of hydrogen-bond acceptors (Lipinski definition) is 3. The Morgan fingerprint density at radius 2 is 2.37 bits per heavy atom. The highest BCUT2D eigenvalue weighted by atomic mass is 35.5. The van der Waals surface area contributed by atoms with Crippen molar-refractivity contribution in [2.45, 2.75) is 19.4 Å². The Hall–Kier alpha value is -0.840. The van der Waals surface area contributed by atoms with Crippen LogP contribution in [0.25, 0.3) is 0 Å². The van der Waals surface area contributed by atoms with Crippen molar-refractivity contribution in [1.82, 2.24) is 5.32 Å². The van der Waals surface area contributed by atoms with E-state index in [2.05, 4.69) is 5.32 Å². The van der Waals surface area contributed by atoms with Crippen LogP contribution in [0.2, 0.25) is 5.02 Å². The number of halogens is 2. The molecule has 0 unspecified atom stereocenters. The molecule has 19 heavy (non-hydrogen) atoms. The molecular weight excluding hydrogens is 269 g/mol. The minimum absolute atomic E-state index is 0.0370. The smallest absolute Gasteiger partial charge is 0.145 e. The number of nitrogens with one attached hydrogen (secondary N) is 1. The molecule has 3 nitrogen and oxygen atoms in total. The van der Waals surface area contributed by atoms with Crippen LogP contribution in [0.4, 0.5) is 4.39 Å². The van der Waals surface area contributed by atoms with E-state index in [1.54, 1.807) is 12.1 Å². The lowest BCUT2D eigenvalue weighted by atomic mass is 10.0. The maximum atomic E-state index is 13.4. The van der Waals surface area contributed by atoms with Gasteiger partial charge in [0.05, 0.1) is 6.61 Å². The molecule has 0 aromatic heterocycles. The molecule has 2 atom stereocenters. The van der Waals surface area contributed by atoms with E-state index in [0.717, 1.165) is 19.5 Å². The highest BCUT2D eigenvalue weighted by Gasteiger charge is 2.27. The Balaban J connectivity index is 2.07. The van der Waals surface area contributed by atoms with Crippen LogP contribution in [0, 0.1) is 11.7 Å². The topological polar surface area (TPSA) is 30.5 Å². The summed E-state index contributed by atoms with van der Waals surface area (Å²) in [7, 11) is 0. The van der Waals surface area contributed by atoms with Gasteiger partial charge in [0.2, 0.25) is 0 Å². The van der Waals surface area contributed by atoms with Crippen molar-refractivity contribution in [2.24, 2.45) is 5.92 Å². The van der Waals surface area contributed by atoms with Gasteiger partial charge in [-0.1, -0.05) is 17.7 Å². The number of ether oxygens (including phenoxy) is 2. The van der Waals surface area contributed by atoms with Gasteiger partial charge in [0, 0.05) is 19.1 Å². The molecule has 1 heterocycles. The van der Waals surface area contributed by atoms with E-state index in [9.17, 15) is 4.39 Å². The minimum atomic E-state index is -0.459. The highest BCUT2D eigenvalue weighted by molar-refractivity contribution is 6.32. The van der Waals surface area contributed by atoms with Gasteiger partial charge in [-0.15, -0.1) is 0 Å². The van der Waals surface area contributed by atoms with E-state index in [4.69, 9.17) is 21.1 Å². The molecule has 0 amide bonds. The molecule has 1 N–H and O–H groups in total. The fourth-order valence-corrected chi connectivity index (χ4v) is 2.40. The van der Waals surface area contributed by atoms with Gasteiger partial charge in [0.1, 0.15) is 22.7 Å². The van der Waals surface area contributed by atoms with Crippen molar-refractivity contribution >= 4 is 11.6 Å². The van der Waals surface area contributed by atoms with Crippen molar-refractivity contribution in [3.8, 4) is 5.75 Å². The molecule has 1 aromatic carbocycles. The summed E-state index contributed by atoms with van der Waals surface area (Å²) in [6, 6.07) is 4.61. The average Bonchev–Trinajstić information content (AvgIpc) is 2.93. The first-order valence-corrected chi connectivity index (χ1v) is 6.99. The predicted molar refractivity (Wildman–Crippen MR) is 73.3 cm³/mol. The van der Waals surface area contributed by atoms with Crippen molar-refractivity contribution in [3.05, 3.63) is 29.0 Å². The summed E-state index contributed by atoms with van der Waals surface area (Å²) < 4.78 is 24.7. The Labute approximate surface area is 118 Å². The summed E-state index contributed by atoms with van der Waals surface area (Å²) in [6.45, 7) is 4.95. The van der Waals surface area contributed by atoms with Crippen LogP contribution in [0.1, 0.15) is 13.3 Å². The van der Waals surface area contributed by atoms with E-state index in [0.29, 0.717) is 24.9 Å². The molecule has 1 saturated heterocycles. The predicted octanol–water partition coefficient (Wildman–Crippen LogP) is 2.87. The first-order valence-electron chi connectivity index (χ1n) is 6.61. The van der Waals surface area contributed by atoms with Crippen LogP contribution in [-0.2, 0) is 4.74 Å². The van der Waals surface area contributed by atoms with E-state index in [-0.39, 0.29) is 11.1 Å². The van der Waals surface area contributed by atoms with Crippen LogP contribution in [0.5, 0.6) is 5.75 Å². The maximum Gasteiger partial charge on any atom is 0.145 e. The summed E-state index contributed by atoms with van der Waals surface area (Å²) in [5, 5.41) is 3.34. The standard InChI is InChI=1S/C14H19ClFNO2/c1-2-18-9-13(10-6-7-17-8-10)19-12-5-3-4-11(16)14(12)15/h3-5,10,13,17H,2,6-9H2,1H3/t10-,13+/m0/s1. The third kappa shape index (κ3) is 3.81. The fraction of sp³-hybridized carbons (Fsp3) is 0.571. The quantitative estimate of drug-likeness (QED) is 0.873. The highest BCUT2D eigenvalue weighted by Crippen LogP contribution is 2.29. The fourth-order valence-electron chi connectivity index (χ4n) is 2.23. The van der Waals surface area contributed by atoms with Gasteiger partial charge in [0.25, 0.3) is 0 Å². The Kier molecular flexibility index (Phi) is 5.43. The second-order valence-electron chi connectivity index (χ2n) is 4.62. The van der Waals surface area contributed by atoms with Gasteiger partial charge in [-0.2, -0.15) is 0 Å². The summed E-state index contributed by atoms with van der Waals surface area (Å²) in [4.78, 5) is 0. The van der Waals surface area contributed by atoms with Gasteiger partial charge in [-0.25, -0.2) is 4.39 Å². The van der Waals surface area contributed by atoms with Gasteiger partial charge >= 0.3 is 0 Å². The van der Waals surface area contributed by atoms with Crippen LogP contribution < -0.4 is 10.1 Å². The third-order valence-electron chi connectivity index (χ3n) is 3.30. The lowest BCUT2D eigenvalue weighted by Gasteiger charge is -2.24. The summed E-state index contributed by atoms with van der Waals surface area (Å²) in [5.41, 5.74) is 0. The van der Waals surface area contributed by atoms with Gasteiger partial charge in [-0.05, 0) is 32.0 Å². The molecular formula is C14H19ClFNO2. The molecule has 1 aromatic rings. The van der Waals surface area contributed by atoms with Crippen LogP contribution in [0.15, 0.2) is 18.2 Å². The van der Waals surface area contributed by atoms with Crippen LogP contribution in [0.3, 0.4) is 0 Å². The molecule has 5 heteroatoms. The minimum Gasteiger partial charge on any atom is -0.486 e. The molecule has 0 spiro atoms. The SMILES string of the molecule is CCOC[C@@H](Oc1cccc(F)c1Cl)[C@H]1CCNC1. The summed E-state index contributed by atoms with van der Waals surface area (Å²) in [5.74, 6) is 0.294. The van der Waals surface area contributed by atoms with Crippen molar-refractivity contribution in [3.63, 3.8) is 0 Å². The molecule has 2 rings (SSSR count). The van der Waals surface area contributed by atoms with E-state index < -0.39 is 5.82 Å². The van der Waals surface area contributed by atoms with Gasteiger partial charge in [-0.3, -0.25) is 0 Å². The Morgan fingerprint density at radius 3 is 3.05 bits per heavy atom. The molecule has 1 aliphatic rings. The number of hydrogen-bond donors (Lipinski definition) is 1. The molecule has 1 aliphatic heterocycles. The Bertz CT molecular complexity index is 410. The van der Waals surface area contributed by atoms with Crippen molar-refractivity contribution in [1.29, 1.82) is 0 Å². The number of rotatable bonds is 6. The van der Waals surface area contributed by atoms with E-state index in [1.807, 2.05) is 6.92 Å². The lowest BCUT2D eigenvalue weighted by Crippen LogP contribution is -2.33. The van der Waals surface area contributed by atoms with Gasteiger partial charge in [0.15, 0.2) is 0 Å². The maximum absolute atomic E-state index is 13.4. The third-order valence-corrected chi connectivity index (χ3v) is 3.67. The normalized spacial score (nSPS) is 20.5. The number of benzene rings is 1. The molecule has 0 radical (unpaired) electrons. The van der Waals surface area contributed by atoms with E-state index >= 15 is 0 Å². The summed E-state index contributed by atoms with van der Waals surface area (Å²) >= 11 is 5.92. The van der Waals surface area contributed by atoms with E-state index in [1.165, 1.54) is 6.07 Å². The zero-order valence-corrected chi connectivity index (χ0v) is 11.8. The summed E-state index contributed by atoms with van der Waals surface area (Å²) in [6.07, 6.45) is 0.930. The average molecular weight is 288 g/mol. The molecule has 0 aliphatic carbocycles.